The molecule has 0 radical (unpaired) electrons. The third-order valence-corrected chi connectivity index (χ3v) is 3.59. The average Bonchev–Trinajstić information content (AvgIpc) is 2.24. The predicted molar refractivity (Wildman–Crippen MR) is 70.3 cm³/mol. The zero-order chi connectivity index (χ0) is 12.2. The van der Waals surface area contributed by atoms with Gasteiger partial charge in [0.2, 0.25) is 0 Å². The highest BCUT2D eigenvalue weighted by Gasteiger charge is 2.32. The van der Waals surface area contributed by atoms with Gasteiger partial charge < -0.3 is 5.32 Å². The Bertz CT molecular complexity index is 246. The number of hydrogen-bond acceptors (Lipinski definition) is 2. The van der Waals surface area contributed by atoms with Crippen LogP contribution < -0.4 is 5.32 Å². The fraction of sp³-hybridized carbons (Fsp3) is 0.857. The minimum absolute atomic E-state index is 0.326. The molecule has 0 amide bonds. The van der Waals surface area contributed by atoms with Crippen LogP contribution in [0.5, 0.6) is 0 Å². The topological polar surface area (TPSA) is 15.3 Å². The second kappa shape index (κ2) is 5.70. The SMILES string of the molecule is C#CCCN1CC(C(C)(C)C)NCC1CC. The molecule has 0 bridgehead atoms. The summed E-state index contributed by atoms with van der Waals surface area (Å²) in [6.07, 6.45) is 7.43. The summed E-state index contributed by atoms with van der Waals surface area (Å²) < 4.78 is 0. The van der Waals surface area contributed by atoms with Crippen molar-refractivity contribution in [2.45, 2.75) is 52.6 Å². The summed E-state index contributed by atoms with van der Waals surface area (Å²) in [5, 5.41) is 3.67. The van der Waals surface area contributed by atoms with E-state index in [1.54, 1.807) is 0 Å². The first kappa shape index (κ1) is 13.5. The molecule has 16 heavy (non-hydrogen) atoms. The van der Waals surface area contributed by atoms with Crippen molar-refractivity contribution in [2.24, 2.45) is 5.41 Å². The van der Waals surface area contributed by atoms with Crippen LogP contribution in [0.4, 0.5) is 0 Å². The van der Waals surface area contributed by atoms with Crippen molar-refractivity contribution in [1.29, 1.82) is 0 Å². The van der Waals surface area contributed by atoms with E-state index in [0.717, 1.165) is 26.1 Å². The Hall–Kier alpha value is -0.520. The molecule has 0 aromatic carbocycles. The van der Waals surface area contributed by atoms with Gasteiger partial charge in [0, 0.05) is 38.1 Å². The van der Waals surface area contributed by atoms with Crippen molar-refractivity contribution in [2.75, 3.05) is 19.6 Å². The molecule has 0 aliphatic carbocycles. The maximum Gasteiger partial charge on any atom is 0.0244 e. The zero-order valence-electron chi connectivity index (χ0n) is 11.2. The molecule has 0 aromatic heterocycles. The van der Waals surface area contributed by atoms with E-state index in [0.29, 0.717) is 17.5 Å². The second-order valence-corrected chi connectivity index (χ2v) is 5.84. The molecule has 2 atom stereocenters. The Morgan fingerprint density at radius 1 is 1.44 bits per heavy atom. The molecule has 1 aliphatic heterocycles. The molecule has 0 saturated carbocycles. The van der Waals surface area contributed by atoms with Crippen molar-refractivity contribution in [3.05, 3.63) is 0 Å². The second-order valence-electron chi connectivity index (χ2n) is 5.84. The van der Waals surface area contributed by atoms with Gasteiger partial charge in [0.15, 0.2) is 0 Å². The van der Waals surface area contributed by atoms with Crippen LogP contribution >= 0.6 is 0 Å². The lowest BCUT2D eigenvalue weighted by atomic mass is 9.84. The van der Waals surface area contributed by atoms with E-state index >= 15 is 0 Å². The summed E-state index contributed by atoms with van der Waals surface area (Å²) in [6.45, 7) is 12.4. The molecule has 1 heterocycles. The fourth-order valence-corrected chi connectivity index (χ4v) is 2.32. The first-order valence-electron chi connectivity index (χ1n) is 6.40. The van der Waals surface area contributed by atoms with Crippen molar-refractivity contribution in [3.63, 3.8) is 0 Å². The van der Waals surface area contributed by atoms with Crippen LogP contribution in [0.2, 0.25) is 0 Å². The molecule has 0 aromatic rings. The van der Waals surface area contributed by atoms with Crippen molar-refractivity contribution in [3.8, 4) is 12.3 Å². The summed E-state index contributed by atoms with van der Waals surface area (Å²) in [5.74, 6) is 2.75. The standard InChI is InChI=1S/C14H26N2/c1-6-8-9-16-11-13(14(3,4)5)15-10-12(16)7-2/h1,12-13,15H,7-11H2,2-5H3. The summed E-state index contributed by atoms with van der Waals surface area (Å²) in [5.41, 5.74) is 0.326. The molecule has 2 nitrogen and oxygen atoms in total. The predicted octanol–water partition coefficient (Wildman–Crippen LogP) is 2.11. The van der Waals surface area contributed by atoms with Gasteiger partial charge >= 0.3 is 0 Å². The van der Waals surface area contributed by atoms with Gasteiger partial charge in [-0.25, -0.2) is 0 Å². The maximum atomic E-state index is 5.36. The van der Waals surface area contributed by atoms with Crippen LogP contribution in [-0.2, 0) is 0 Å². The first-order valence-corrected chi connectivity index (χ1v) is 6.40. The Balaban J connectivity index is 2.58. The lowest BCUT2D eigenvalue weighted by Gasteiger charge is -2.44. The van der Waals surface area contributed by atoms with E-state index < -0.39 is 0 Å². The van der Waals surface area contributed by atoms with Crippen LogP contribution in [0.1, 0.15) is 40.5 Å². The maximum absolute atomic E-state index is 5.36. The van der Waals surface area contributed by atoms with Crippen LogP contribution in [0.15, 0.2) is 0 Å². The van der Waals surface area contributed by atoms with Gasteiger partial charge in [-0.05, 0) is 11.8 Å². The van der Waals surface area contributed by atoms with Crippen molar-refractivity contribution < 1.29 is 0 Å². The Labute approximate surface area is 101 Å². The van der Waals surface area contributed by atoms with Crippen molar-refractivity contribution in [1.82, 2.24) is 10.2 Å². The Kier molecular flexibility index (Phi) is 4.83. The monoisotopic (exact) mass is 222 g/mol. The molecule has 0 spiro atoms. The minimum Gasteiger partial charge on any atom is -0.311 e. The highest BCUT2D eigenvalue weighted by atomic mass is 15.2. The fourth-order valence-electron chi connectivity index (χ4n) is 2.32. The number of hydrogen-bond donors (Lipinski definition) is 1. The third-order valence-electron chi connectivity index (χ3n) is 3.59. The van der Waals surface area contributed by atoms with Crippen LogP contribution in [0.3, 0.4) is 0 Å². The molecule has 1 fully saturated rings. The zero-order valence-corrected chi connectivity index (χ0v) is 11.2. The van der Waals surface area contributed by atoms with E-state index in [9.17, 15) is 0 Å². The van der Waals surface area contributed by atoms with E-state index in [-0.39, 0.29) is 0 Å². The summed E-state index contributed by atoms with van der Waals surface area (Å²) in [4.78, 5) is 2.56. The van der Waals surface area contributed by atoms with E-state index in [1.165, 1.54) is 6.42 Å². The van der Waals surface area contributed by atoms with E-state index in [4.69, 9.17) is 6.42 Å². The molecule has 1 N–H and O–H groups in total. The highest BCUT2D eigenvalue weighted by Crippen LogP contribution is 2.24. The first-order chi connectivity index (χ1) is 7.49. The quantitative estimate of drug-likeness (QED) is 0.736. The Morgan fingerprint density at radius 2 is 2.12 bits per heavy atom. The smallest absolute Gasteiger partial charge is 0.0244 e. The molecule has 1 rings (SSSR count). The van der Waals surface area contributed by atoms with Crippen LogP contribution in [-0.4, -0.2) is 36.6 Å². The summed E-state index contributed by atoms with van der Waals surface area (Å²) in [7, 11) is 0. The summed E-state index contributed by atoms with van der Waals surface area (Å²) in [6, 6.07) is 1.24. The number of nitrogens with zero attached hydrogens (tertiary/aromatic N) is 1. The lowest BCUT2D eigenvalue weighted by Crippen LogP contribution is -2.60. The molecule has 2 heteroatoms. The average molecular weight is 222 g/mol. The van der Waals surface area contributed by atoms with Gasteiger partial charge in [0.25, 0.3) is 0 Å². The largest absolute Gasteiger partial charge is 0.311 e. The van der Waals surface area contributed by atoms with E-state index in [2.05, 4.69) is 43.8 Å². The molecule has 1 aliphatic rings. The van der Waals surface area contributed by atoms with Crippen LogP contribution in [0.25, 0.3) is 0 Å². The Morgan fingerprint density at radius 3 is 2.62 bits per heavy atom. The van der Waals surface area contributed by atoms with Gasteiger partial charge in [0.05, 0.1) is 0 Å². The van der Waals surface area contributed by atoms with Crippen LogP contribution in [0, 0.1) is 17.8 Å². The van der Waals surface area contributed by atoms with Gasteiger partial charge in [-0.1, -0.05) is 27.7 Å². The van der Waals surface area contributed by atoms with Gasteiger partial charge in [0.1, 0.15) is 0 Å². The molecular formula is C14H26N2. The normalized spacial score (nSPS) is 27.7. The van der Waals surface area contributed by atoms with Gasteiger partial charge in [-0.2, -0.15) is 0 Å². The number of piperazine rings is 1. The molecule has 92 valence electrons. The molecule has 1 saturated heterocycles. The lowest BCUT2D eigenvalue weighted by molar-refractivity contribution is 0.0856. The molecular weight excluding hydrogens is 196 g/mol. The number of nitrogens with one attached hydrogen (secondary N) is 1. The number of terminal acetylenes is 1. The minimum atomic E-state index is 0.326. The van der Waals surface area contributed by atoms with Crippen molar-refractivity contribution >= 4 is 0 Å². The number of rotatable bonds is 3. The third kappa shape index (κ3) is 3.50. The van der Waals surface area contributed by atoms with Gasteiger partial charge in [-0.3, -0.25) is 4.90 Å². The van der Waals surface area contributed by atoms with E-state index in [1.807, 2.05) is 0 Å². The van der Waals surface area contributed by atoms with Gasteiger partial charge in [-0.15, -0.1) is 12.3 Å². The highest BCUT2D eigenvalue weighted by molar-refractivity contribution is 4.93. The molecule has 2 unspecified atom stereocenters. The summed E-state index contributed by atoms with van der Waals surface area (Å²) >= 11 is 0.